The van der Waals surface area contributed by atoms with Gasteiger partial charge in [0.15, 0.2) is 0 Å². The Bertz CT molecular complexity index is 370. The van der Waals surface area contributed by atoms with Gasteiger partial charge in [-0.15, -0.1) is 12.8 Å². The van der Waals surface area contributed by atoms with Crippen molar-refractivity contribution in [1.29, 1.82) is 0 Å². The smallest absolute Gasteiger partial charge is 0.0502 e. The van der Waals surface area contributed by atoms with Crippen molar-refractivity contribution in [2.45, 2.75) is 57.8 Å². The Labute approximate surface area is 135 Å². The van der Waals surface area contributed by atoms with Crippen LogP contribution >= 0.6 is 15.9 Å². The van der Waals surface area contributed by atoms with Crippen molar-refractivity contribution < 1.29 is 0 Å². The maximum Gasteiger partial charge on any atom is 0.0502 e. The molecule has 2 atom stereocenters. The van der Waals surface area contributed by atoms with Gasteiger partial charge in [-0.05, 0) is 23.6 Å². The Morgan fingerprint density at radius 1 is 1.20 bits per heavy atom. The van der Waals surface area contributed by atoms with E-state index in [9.17, 15) is 0 Å². The van der Waals surface area contributed by atoms with Crippen LogP contribution < -0.4 is 0 Å². The Kier molecular flexibility index (Phi) is 9.97. The molecule has 0 bridgehead atoms. The minimum atomic E-state index is -0.752. The first kappa shape index (κ1) is 19.5. The largest absolute Gasteiger partial charge is 0.124 e. The molecule has 1 aromatic carbocycles. The lowest BCUT2D eigenvalue weighted by atomic mass is 9.97. The summed E-state index contributed by atoms with van der Waals surface area (Å²) in [5.74, 6) is 1.06. The van der Waals surface area contributed by atoms with Crippen LogP contribution in [0.3, 0.4) is 0 Å². The number of hydrogen-bond donors (Lipinski definition) is 0. The third kappa shape index (κ3) is 7.31. The fourth-order valence-corrected chi connectivity index (χ4v) is 5.47. The summed E-state index contributed by atoms with van der Waals surface area (Å²) >= 11 is 3.31. The van der Waals surface area contributed by atoms with Crippen molar-refractivity contribution in [3.05, 3.63) is 34.8 Å². The molecule has 0 aliphatic carbocycles. The van der Waals surface area contributed by atoms with Crippen LogP contribution in [-0.4, -0.2) is 8.07 Å². The number of rotatable bonds is 1. The summed E-state index contributed by atoms with van der Waals surface area (Å²) in [6.45, 7) is 9.94. The van der Waals surface area contributed by atoms with E-state index in [1.165, 1.54) is 19.3 Å². The molecule has 112 valence electrons. The molecule has 1 aliphatic heterocycles. The maximum absolute atomic E-state index is 4.00. The third-order valence-electron chi connectivity index (χ3n) is 4.53. The highest BCUT2D eigenvalue weighted by Gasteiger charge is 2.34. The highest BCUT2D eigenvalue weighted by molar-refractivity contribution is 9.10. The fourth-order valence-electron chi connectivity index (χ4n) is 2.54. The molecular weight excluding hydrogens is 324 g/mol. The summed E-state index contributed by atoms with van der Waals surface area (Å²) in [7, 11) is -0.752. The number of benzene rings is 1. The van der Waals surface area contributed by atoms with Crippen LogP contribution in [0.2, 0.25) is 24.7 Å². The van der Waals surface area contributed by atoms with Crippen molar-refractivity contribution in [1.82, 2.24) is 0 Å². The predicted octanol–water partition coefficient (Wildman–Crippen LogP) is 6.60. The van der Waals surface area contributed by atoms with Crippen LogP contribution in [0.5, 0.6) is 0 Å². The summed E-state index contributed by atoms with van der Waals surface area (Å²) in [6, 6.07) is 11.5. The van der Waals surface area contributed by atoms with Crippen LogP contribution in [0, 0.1) is 18.8 Å². The summed E-state index contributed by atoms with van der Waals surface area (Å²) in [5, 5.41) is 0. The van der Waals surface area contributed by atoms with E-state index in [1.54, 1.807) is 6.04 Å². The highest BCUT2D eigenvalue weighted by atomic mass is 79.9. The van der Waals surface area contributed by atoms with Crippen molar-refractivity contribution in [2.24, 2.45) is 5.92 Å². The number of halogens is 1. The Morgan fingerprint density at radius 2 is 1.75 bits per heavy atom. The lowest BCUT2D eigenvalue weighted by Crippen LogP contribution is -2.36. The van der Waals surface area contributed by atoms with Gasteiger partial charge in [-0.1, -0.05) is 86.4 Å². The van der Waals surface area contributed by atoms with Crippen LogP contribution in [0.4, 0.5) is 0 Å². The van der Waals surface area contributed by atoms with E-state index in [-0.39, 0.29) is 0 Å². The molecule has 0 nitrogen and oxygen atoms in total. The Morgan fingerprint density at radius 3 is 2.10 bits per heavy atom. The van der Waals surface area contributed by atoms with Crippen LogP contribution in [0.25, 0.3) is 0 Å². The average molecular weight is 353 g/mol. The molecule has 0 spiro atoms. The van der Waals surface area contributed by atoms with Crippen LogP contribution in [-0.2, 0) is 0 Å². The molecule has 2 heteroatoms. The van der Waals surface area contributed by atoms with Crippen molar-refractivity contribution in [3.8, 4) is 12.8 Å². The van der Waals surface area contributed by atoms with Gasteiger partial charge in [0.25, 0.3) is 0 Å². The second kappa shape index (κ2) is 10.2. The monoisotopic (exact) mass is 352 g/mol. The van der Waals surface area contributed by atoms with Crippen molar-refractivity contribution in [2.75, 3.05) is 0 Å². The van der Waals surface area contributed by atoms with E-state index in [4.69, 9.17) is 0 Å². The molecule has 0 saturated carbocycles. The van der Waals surface area contributed by atoms with Gasteiger partial charge in [0.1, 0.15) is 0 Å². The second-order valence-corrected chi connectivity index (χ2v) is 12.6. The lowest BCUT2D eigenvalue weighted by Gasteiger charge is -2.38. The molecule has 2 unspecified atom stereocenters. The van der Waals surface area contributed by atoms with Gasteiger partial charge in [0.05, 0.1) is 8.07 Å². The molecule has 0 aromatic heterocycles. The summed E-state index contributed by atoms with van der Waals surface area (Å²) in [6.07, 6.45) is 12.5. The summed E-state index contributed by atoms with van der Waals surface area (Å²) in [5.41, 5.74) is 1.07. The van der Waals surface area contributed by atoms with E-state index in [0.717, 1.165) is 15.9 Å². The van der Waals surface area contributed by atoms with E-state index < -0.39 is 8.07 Å². The maximum atomic E-state index is 4.00. The van der Waals surface area contributed by atoms with E-state index in [0.29, 0.717) is 0 Å². The molecule has 1 aromatic rings. The zero-order valence-corrected chi connectivity index (χ0v) is 16.0. The third-order valence-corrected chi connectivity index (χ3v) is 9.54. The van der Waals surface area contributed by atoms with Crippen molar-refractivity contribution in [3.63, 3.8) is 0 Å². The molecule has 2 rings (SSSR count). The van der Waals surface area contributed by atoms with Gasteiger partial charge < -0.3 is 0 Å². The molecule has 1 fully saturated rings. The first-order valence-electron chi connectivity index (χ1n) is 7.49. The minimum Gasteiger partial charge on any atom is -0.124 e. The molecular formula is C18H29BrSi. The average Bonchev–Trinajstić information content (AvgIpc) is 2.46. The molecule has 0 N–H and O–H groups in total. The van der Waals surface area contributed by atoms with Crippen molar-refractivity contribution >= 4 is 24.0 Å². The fraction of sp³-hybridized carbons (Fsp3) is 0.556. The van der Waals surface area contributed by atoms with Crippen LogP contribution in [0.1, 0.15) is 33.1 Å². The normalized spacial score (nSPS) is 23.6. The van der Waals surface area contributed by atoms with Gasteiger partial charge in [-0.2, -0.15) is 0 Å². The van der Waals surface area contributed by atoms with Gasteiger partial charge >= 0.3 is 0 Å². The molecule has 0 radical (unpaired) electrons. The van der Waals surface area contributed by atoms with Gasteiger partial charge in [-0.25, -0.2) is 0 Å². The lowest BCUT2D eigenvalue weighted by molar-refractivity contribution is 0.420. The minimum absolute atomic E-state index is 0.752. The zero-order valence-electron chi connectivity index (χ0n) is 13.4. The van der Waals surface area contributed by atoms with E-state index in [2.05, 4.69) is 55.7 Å². The Balaban J connectivity index is 0.000000345. The number of hydrogen-bond acceptors (Lipinski definition) is 0. The molecule has 1 aliphatic rings. The van der Waals surface area contributed by atoms with Gasteiger partial charge in [-0.3, -0.25) is 0 Å². The van der Waals surface area contributed by atoms with Gasteiger partial charge in [0.2, 0.25) is 0 Å². The second-order valence-electron chi connectivity index (χ2n) is 6.23. The van der Waals surface area contributed by atoms with Gasteiger partial charge in [0, 0.05) is 4.47 Å². The Hall–Kier alpha value is -0.523. The molecule has 0 amide bonds. The first-order valence-corrected chi connectivity index (χ1v) is 11.6. The summed E-state index contributed by atoms with van der Waals surface area (Å²) < 4.78 is 1.13. The zero-order chi connectivity index (χ0) is 15.6. The quantitative estimate of drug-likeness (QED) is 0.394. The van der Waals surface area contributed by atoms with E-state index >= 15 is 0 Å². The summed E-state index contributed by atoms with van der Waals surface area (Å²) in [4.78, 5) is 0. The molecule has 20 heavy (non-hydrogen) atoms. The first-order chi connectivity index (χ1) is 9.45. The van der Waals surface area contributed by atoms with E-state index in [1.807, 2.05) is 30.3 Å². The highest BCUT2D eigenvalue weighted by Crippen LogP contribution is 2.40. The molecule has 1 saturated heterocycles. The molecule has 1 heterocycles. The SMILES string of the molecule is Brc1ccccc1.C#C.CCC1CC[Si](C)(C)C(C)C1. The topological polar surface area (TPSA) is 0 Å². The predicted molar refractivity (Wildman–Crippen MR) is 98.8 cm³/mol. The standard InChI is InChI=1S/C10H22Si.C6H5Br.C2H2/c1-5-10-6-7-11(3,4)9(2)8-10;7-6-4-2-1-3-5-6;1-2/h9-10H,5-8H2,1-4H3;1-5H;1-2H. The van der Waals surface area contributed by atoms with Crippen LogP contribution in [0.15, 0.2) is 34.8 Å². The number of terminal acetylenes is 1.